The summed E-state index contributed by atoms with van der Waals surface area (Å²) < 4.78 is 11.7. The van der Waals surface area contributed by atoms with Crippen LogP contribution in [0.25, 0.3) is 10.9 Å². The van der Waals surface area contributed by atoms with E-state index in [1.807, 2.05) is 18.2 Å². The highest BCUT2D eigenvalue weighted by atomic mass is 16.5. The maximum Gasteiger partial charge on any atom is 0.347 e. The first kappa shape index (κ1) is 45.7. The number of ether oxygens (including phenoxy) is 2. The molecular formula is C51H54N6O9. The average molecular weight is 895 g/mol. The lowest BCUT2D eigenvalue weighted by Crippen LogP contribution is -2.54. The molecule has 15 nitrogen and oxygen atoms in total. The zero-order valence-electron chi connectivity index (χ0n) is 36.4. The van der Waals surface area contributed by atoms with Gasteiger partial charge in [0.1, 0.15) is 11.5 Å². The van der Waals surface area contributed by atoms with Crippen LogP contribution < -0.4 is 26.2 Å². The fraction of sp³-hybridized carbons (Fsp3) is 0.314. The molecule has 6 aromatic rings. The Morgan fingerprint density at radius 2 is 1.58 bits per heavy atom. The van der Waals surface area contributed by atoms with Crippen molar-refractivity contribution in [1.82, 2.24) is 30.8 Å². The number of esters is 1. The van der Waals surface area contributed by atoms with Crippen LogP contribution in [0.1, 0.15) is 70.1 Å². The van der Waals surface area contributed by atoms with Crippen LogP contribution in [0, 0.1) is 5.92 Å². The fourth-order valence-corrected chi connectivity index (χ4v) is 8.54. The highest BCUT2D eigenvalue weighted by Gasteiger charge is 2.42. The number of carbonyl (C=O) groups excluding carboxylic acids is 3. The third-order valence-electron chi connectivity index (χ3n) is 12.3. The van der Waals surface area contributed by atoms with Gasteiger partial charge in [-0.15, -0.1) is 0 Å². The molecule has 342 valence electrons. The summed E-state index contributed by atoms with van der Waals surface area (Å²) in [5, 5.41) is 42.7. The largest absolute Gasteiger partial charge is 0.506 e. The predicted octanol–water partition coefficient (Wildman–Crippen LogP) is 4.60. The summed E-state index contributed by atoms with van der Waals surface area (Å²) >= 11 is 0. The number of likely N-dealkylation sites (tertiary alicyclic amines) is 1. The standard InChI is InChI=1S/C51H54N6O9/c58-44-18-16-42(43-17-19-46(60)56-48(43)44)45(59)29-52-28-38-15-14-35(27-53-38)49(62)55-40-25-39(26-40)54-47(61)32-65-41-13-7-12-37(24-41)51(64,36-10-5-2-6-11-36)50(63)66-31-34-20-22-57(23-21-34)30-33-8-3-1-4-9-33/h1-19,24,27,34,39-40,45,52,58-59,64H,20-23,25-26,28-32H2,(H,54,61)(H,55,62)(H,56,60)/t39?,40?,45-,51-/m0/s1. The first-order chi connectivity index (χ1) is 32.0. The van der Waals surface area contributed by atoms with Gasteiger partial charge in [0.05, 0.1) is 29.5 Å². The summed E-state index contributed by atoms with van der Waals surface area (Å²) in [5.74, 6) is -1.03. The minimum atomic E-state index is -2.11. The van der Waals surface area contributed by atoms with Crippen molar-refractivity contribution < 1.29 is 39.2 Å². The molecule has 0 bridgehead atoms. The SMILES string of the molecule is O=C(COc1cccc([C@](O)(C(=O)OCC2CCN(Cc3ccccc3)CC2)c2ccccc2)c1)NC1CC(NC(=O)c2ccc(CNC[C@H](O)c3ccc(O)c4[nH]c(=O)ccc34)nc2)C1. The van der Waals surface area contributed by atoms with Crippen LogP contribution in [0.5, 0.6) is 11.5 Å². The Morgan fingerprint density at radius 1 is 0.848 bits per heavy atom. The Bertz CT molecular complexity index is 2670. The molecule has 2 aliphatic rings. The molecule has 66 heavy (non-hydrogen) atoms. The second-order valence-electron chi connectivity index (χ2n) is 17.1. The van der Waals surface area contributed by atoms with Gasteiger partial charge in [0.2, 0.25) is 11.2 Å². The number of piperidine rings is 1. The van der Waals surface area contributed by atoms with E-state index in [4.69, 9.17) is 9.47 Å². The monoisotopic (exact) mass is 894 g/mol. The average Bonchev–Trinajstić information content (AvgIpc) is 3.33. The number of aliphatic hydroxyl groups is 2. The number of phenols is 1. The Balaban J connectivity index is 0.763. The van der Waals surface area contributed by atoms with Crippen molar-refractivity contribution in [3.05, 3.63) is 171 Å². The van der Waals surface area contributed by atoms with Crippen LogP contribution in [-0.4, -0.2) is 92.9 Å². The minimum Gasteiger partial charge on any atom is -0.506 e. The molecule has 1 aliphatic carbocycles. The van der Waals surface area contributed by atoms with E-state index in [2.05, 4.69) is 43.0 Å². The number of phenolic OH excluding ortho intramolecular Hbond substituents is 1. The molecule has 8 rings (SSSR count). The van der Waals surface area contributed by atoms with Crippen LogP contribution >= 0.6 is 0 Å². The number of aliphatic hydroxyl groups excluding tert-OH is 1. The zero-order valence-corrected chi connectivity index (χ0v) is 36.4. The molecule has 7 N–H and O–H groups in total. The van der Waals surface area contributed by atoms with Gasteiger partial charge in [-0.25, -0.2) is 4.79 Å². The summed E-state index contributed by atoms with van der Waals surface area (Å²) in [6.07, 6.45) is 3.39. The van der Waals surface area contributed by atoms with Gasteiger partial charge >= 0.3 is 5.97 Å². The van der Waals surface area contributed by atoms with E-state index in [0.717, 1.165) is 32.5 Å². The number of amides is 2. The molecule has 2 atom stereocenters. The first-order valence-electron chi connectivity index (χ1n) is 22.3. The number of H-pyrrole nitrogens is 1. The maximum absolute atomic E-state index is 13.8. The maximum atomic E-state index is 13.8. The Morgan fingerprint density at radius 3 is 2.32 bits per heavy atom. The number of pyridine rings is 2. The molecular weight excluding hydrogens is 841 g/mol. The second-order valence-corrected chi connectivity index (χ2v) is 17.1. The molecule has 0 spiro atoms. The molecule has 0 unspecified atom stereocenters. The lowest BCUT2D eigenvalue weighted by molar-refractivity contribution is -0.164. The van der Waals surface area contributed by atoms with Gasteiger partial charge in [0, 0.05) is 54.9 Å². The highest BCUT2D eigenvalue weighted by Crippen LogP contribution is 2.34. The third-order valence-corrected chi connectivity index (χ3v) is 12.3. The number of hydrogen-bond donors (Lipinski definition) is 7. The van der Waals surface area contributed by atoms with E-state index in [1.54, 1.807) is 78.9 Å². The summed E-state index contributed by atoms with van der Waals surface area (Å²) in [6.45, 7) is 3.07. The van der Waals surface area contributed by atoms with Gasteiger partial charge in [-0.1, -0.05) is 78.9 Å². The lowest BCUT2D eigenvalue weighted by Gasteiger charge is -2.36. The van der Waals surface area contributed by atoms with Gasteiger partial charge in [0.15, 0.2) is 6.61 Å². The van der Waals surface area contributed by atoms with E-state index < -0.39 is 17.7 Å². The predicted molar refractivity (Wildman–Crippen MR) is 246 cm³/mol. The molecule has 1 aliphatic heterocycles. The smallest absolute Gasteiger partial charge is 0.347 e. The van der Waals surface area contributed by atoms with Crippen molar-refractivity contribution in [2.24, 2.45) is 5.92 Å². The van der Waals surface area contributed by atoms with Crippen molar-refractivity contribution in [1.29, 1.82) is 0 Å². The van der Waals surface area contributed by atoms with Crippen LogP contribution in [-0.2, 0) is 33.0 Å². The van der Waals surface area contributed by atoms with E-state index in [9.17, 15) is 34.5 Å². The number of nitrogens with zero attached hydrogens (tertiary/aromatic N) is 2. The first-order valence-corrected chi connectivity index (χ1v) is 22.3. The zero-order chi connectivity index (χ0) is 46.0. The molecule has 3 heterocycles. The number of benzene rings is 4. The van der Waals surface area contributed by atoms with Crippen molar-refractivity contribution in [2.75, 3.05) is 32.8 Å². The Kier molecular flexibility index (Phi) is 14.5. The number of aromatic hydroxyl groups is 1. The Hall–Kier alpha value is -6.91. The number of aromatic amines is 1. The van der Waals surface area contributed by atoms with Crippen molar-refractivity contribution >= 4 is 28.7 Å². The summed E-state index contributed by atoms with van der Waals surface area (Å²) in [6, 6.07) is 34.5. The lowest BCUT2D eigenvalue weighted by atomic mass is 9.86. The number of aromatic nitrogens is 2. The topological polar surface area (TPSA) is 215 Å². The van der Waals surface area contributed by atoms with E-state index in [0.29, 0.717) is 52.9 Å². The van der Waals surface area contributed by atoms with Crippen molar-refractivity contribution in [2.45, 2.75) is 62.6 Å². The number of carbonyl (C=O) groups is 3. The van der Waals surface area contributed by atoms with Crippen molar-refractivity contribution in [3.8, 4) is 11.5 Å². The molecule has 1 saturated heterocycles. The van der Waals surface area contributed by atoms with Crippen LogP contribution in [0.15, 0.2) is 132 Å². The van der Waals surface area contributed by atoms with Crippen LogP contribution in [0.3, 0.4) is 0 Å². The summed E-state index contributed by atoms with van der Waals surface area (Å²) in [7, 11) is 0. The second kappa shape index (κ2) is 20.9. The van der Waals surface area contributed by atoms with Crippen LogP contribution in [0.4, 0.5) is 0 Å². The van der Waals surface area contributed by atoms with E-state index in [1.165, 1.54) is 23.9 Å². The quantitative estimate of drug-likeness (QED) is 0.0590. The highest BCUT2D eigenvalue weighted by molar-refractivity contribution is 5.94. The van der Waals surface area contributed by atoms with Crippen molar-refractivity contribution in [3.63, 3.8) is 0 Å². The van der Waals surface area contributed by atoms with Gasteiger partial charge in [-0.05, 0) is 97.8 Å². The number of rotatable bonds is 18. The molecule has 4 aromatic carbocycles. The molecule has 0 radical (unpaired) electrons. The van der Waals surface area contributed by atoms with Gasteiger partial charge in [0.25, 0.3) is 11.8 Å². The molecule has 2 aromatic heterocycles. The van der Waals surface area contributed by atoms with E-state index in [-0.39, 0.29) is 72.0 Å². The van der Waals surface area contributed by atoms with Crippen LogP contribution in [0.2, 0.25) is 0 Å². The fourth-order valence-electron chi connectivity index (χ4n) is 8.54. The van der Waals surface area contributed by atoms with Gasteiger partial charge < -0.3 is 45.7 Å². The third kappa shape index (κ3) is 11.1. The van der Waals surface area contributed by atoms with E-state index >= 15 is 0 Å². The minimum absolute atomic E-state index is 0.0835. The molecule has 2 amide bonds. The number of fused-ring (bicyclic) bond motifs is 1. The number of nitrogens with one attached hydrogen (secondary N) is 4. The summed E-state index contributed by atoms with van der Waals surface area (Å²) in [4.78, 5) is 60.8. The van der Waals surface area contributed by atoms with Gasteiger partial charge in [-0.3, -0.25) is 24.3 Å². The normalized spacial score (nSPS) is 17.8. The summed E-state index contributed by atoms with van der Waals surface area (Å²) in [5.41, 5.74) is 1.26. The molecule has 2 fully saturated rings. The molecule has 15 heteroatoms. The Labute approximate surface area is 381 Å². The number of hydrogen-bond acceptors (Lipinski definition) is 12. The molecule has 1 saturated carbocycles. The van der Waals surface area contributed by atoms with Gasteiger partial charge in [-0.2, -0.15) is 0 Å².